The molecule has 1 atom stereocenters. The van der Waals surface area contributed by atoms with Gasteiger partial charge in [0.25, 0.3) is 5.91 Å². The van der Waals surface area contributed by atoms with Gasteiger partial charge in [-0.2, -0.15) is 0 Å². The van der Waals surface area contributed by atoms with Crippen LogP contribution in [0.3, 0.4) is 0 Å². The van der Waals surface area contributed by atoms with Gasteiger partial charge in [-0.3, -0.25) is 9.59 Å². The van der Waals surface area contributed by atoms with Gasteiger partial charge in [0.1, 0.15) is 11.5 Å². The fraction of sp³-hybridized carbons (Fsp3) is 0.529. The lowest BCUT2D eigenvalue weighted by Gasteiger charge is -2.36. The molecule has 0 aliphatic carbocycles. The van der Waals surface area contributed by atoms with Crippen LogP contribution in [0.25, 0.3) is 0 Å². The summed E-state index contributed by atoms with van der Waals surface area (Å²) in [7, 11) is 3.09. The van der Waals surface area contributed by atoms with Gasteiger partial charge in [0.05, 0.1) is 19.8 Å². The predicted molar refractivity (Wildman–Crippen MR) is 90.2 cm³/mol. The first-order chi connectivity index (χ1) is 11.5. The maximum absolute atomic E-state index is 12.7. The molecule has 1 aromatic rings. The molecule has 2 N–H and O–H groups in total. The van der Waals surface area contributed by atoms with Crippen LogP contribution in [0.15, 0.2) is 18.2 Å². The van der Waals surface area contributed by atoms with Gasteiger partial charge in [-0.25, -0.2) is 0 Å². The van der Waals surface area contributed by atoms with Crippen molar-refractivity contribution >= 4 is 11.8 Å². The van der Waals surface area contributed by atoms with E-state index in [2.05, 4.69) is 0 Å². The number of rotatable bonds is 5. The number of nitrogens with zero attached hydrogens (tertiary/aromatic N) is 2. The summed E-state index contributed by atoms with van der Waals surface area (Å²) in [6.45, 7) is 4.19. The zero-order valence-corrected chi connectivity index (χ0v) is 14.4. The fourth-order valence-corrected chi connectivity index (χ4v) is 2.69. The van der Waals surface area contributed by atoms with Gasteiger partial charge < -0.3 is 25.0 Å². The van der Waals surface area contributed by atoms with Crippen molar-refractivity contribution < 1.29 is 19.1 Å². The van der Waals surface area contributed by atoms with Crippen LogP contribution in [0.5, 0.6) is 11.5 Å². The zero-order valence-electron chi connectivity index (χ0n) is 14.4. The van der Waals surface area contributed by atoms with Crippen molar-refractivity contribution in [2.24, 2.45) is 11.7 Å². The Bertz CT molecular complexity index is 597. The minimum absolute atomic E-state index is 0.0478. The van der Waals surface area contributed by atoms with Gasteiger partial charge in [0.15, 0.2) is 0 Å². The molecule has 1 aliphatic heterocycles. The molecule has 132 valence electrons. The second-order valence-electron chi connectivity index (χ2n) is 5.82. The Hall–Kier alpha value is -2.28. The number of nitrogens with two attached hydrogens (primary N) is 1. The van der Waals surface area contributed by atoms with Gasteiger partial charge >= 0.3 is 0 Å². The monoisotopic (exact) mass is 335 g/mol. The Labute approximate surface area is 142 Å². The van der Waals surface area contributed by atoms with Crippen molar-refractivity contribution in [1.82, 2.24) is 9.80 Å². The molecule has 24 heavy (non-hydrogen) atoms. The Kier molecular flexibility index (Phi) is 6.03. The Balaban J connectivity index is 2.04. The van der Waals surface area contributed by atoms with Gasteiger partial charge in [-0.15, -0.1) is 0 Å². The van der Waals surface area contributed by atoms with E-state index in [-0.39, 0.29) is 17.7 Å². The largest absolute Gasteiger partial charge is 0.497 e. The Morgan fingerprint density at radius 3 is 2.29 bits per heavy atom. The molecule has 0 radical (unpaired) electrons. The molecule has 1 saturated heterocycles. The van der Waals surface area contributed by atoms with E-state index in [0.717, 1.165) is 0 Å². The average molecular weight is 335 g/mol. The first-order valence-electron chi connectivity index (χ1n) is 8.02. The zero-order chi connectivity index (χ0) is 17.7. The van der Waals surface area contributed by atoms with Crippen LogP contribution in [0.4, 0.5) is 0 Å². The molecule has 2 amide bonds. The molecule has 0 spiro atoms. The van der Waals surface area contributed by atoms with Crippen LogP contribution < -0.4 is 15.2 Å². The third-order valence-electron chi connectivity index (χ3n) is 4.29. The number of benzene rings is 1. The third-order valence-corrected chi connectivity index (χ3v) is 4.29. The Morgan fingerprint density at radius 2 is 1.75 bits per heavy atom. The molecule has 1 unspecified atom stereocenters. The van der Waals surface area contributed by atoms with Crippen LogP contribution in [-0.4, -0.2) is 68.6 Å². The summed E-state index contributed by atoms with van der Waals surface area (Å²) in [6, 6.07) is 5.13. The molecule has 0 bridgehead atoms. The maximum atomic E-state index is 12.7. The number of carbonyl (C=O) groups excluding carboxylic acids is 2. The number of amides is 2. The highest BCUT2D eigenvalue weighted by Gasteiger charge is 2.28. The van der Waals surface area contributed by atoms with Crippen LogP contribution in [0.1, 0.15) is 17.3 Å². The van der Waals surface area contributed by atoms with Gasteiger partial charge in [0.2, 0.25) is 5.91 Å². The molecular weight excluding hydrogens is 310 g/mol. The van der Waals surface area contributed by atoms with E-state index in [0.29, 0.717) is 49.8 Å². The second kappa shape index (κ2) is 8.01. The maximum Gasteiger partial charge on any atom is 0.257 e. The van der Waals surface area contributed by atoms with E-state index >= 15 is 0 Å². The number of hydrogen-bond donors (Lipinski definition) is 1. The highest BCUT2D eigenvalue weighted by atomic mass is 16.5. The molecular formula is C17H25N3O4. The van der Waals surface area contributed by atoms with Crippen molar-refractivity contribution in [1.29, 1.82) is 0 Å². The van der Waals surface area contributed by atoms with Crippen molar-refractivity contribution in [2.45, 2.75) is 6.92 Å². The summed E-state index contributed by atoms with van der Waals surface area (Å²) >= 11 is 0. The molecule has 0 saturated carbocycles. The SMILES string of the molecule is COc1ccc(C(=O)N2CCN(C(=O)C(C)CN)CC2)c(OC)c1. The van der Waals surface area contributed by atoms with Gasteiger partial charge in [0, 0.05) is 44.7 Å². The van der Waals surface area contributed by atoms with E-state index < -0.39 is 0 Å². The fourth-order valence-electron chi connectivity index (χ4n) is 2.69. The van der Waals surface area contributed by atoms with E-state index in [9.17, 15) is 9.59 Å². The third kappa shape index (κ3) is 3.79. The number of piperazine rings is 1. The van der Waals surface area contributed by atoms with E-state index in [1.807, 2.05) is 6.92 Å². The molecule has 1 aliphatic rings. The summed E-state index contributed by atoms with van der Waals surface area (Å²) in [5, 5.41) is 0. The average Bonchev–Trinajstić information content (AvgIpc) is 2.65. The summed E-state index contributed by atoms with van der Waals surface area (Å²) < 4.78 is 10.5. The van der Waals surface area contributed by atoms with E-state index in [1.165, 1.54) is 7.11 Å². The summed E-state index contributed by atoms with van der Waals surface area (Å²) in [5.74, 6) is 0.873. The topological polar surface area (TPSA) is 85.1 Å². The first kappa shape index (κ1) is 18.1. The van der Waals surface area contributed by atoms with Gasteiger partial charge in [-0.05, 0) is 12.1 Å². The highest BCUT2D eigenvalue weighted by Crippen LogP contribution is 2.26. The number of carbonyl (C=O) groups is 2. The Morgan fingerprint density at radius 1 is 1.12 bits per heavy atom. The minimum Gasteiger partial charge on any atom is -0.497 e. The van der Waals surface area contributed by atoms with Crippen LogP contribution in [0.2, 0.25) is 0 Å². The number of ether oxygens (including phenoxy) is 2. The van der Waals surface area contributed by atoms with Crippen molar-refractivity contribution in [3.8, 4) is 11.5 Å². The highest BCUT2D eigenvalue weighted by molar-refractivity contribution is 5.97. The molecule has 7 nitrogen and oxygen atoms in total. The smallest absolute Gasteiger partial charge is 0.257 e. The standard InChI is InChI=1S/C17H25N3O4/c1-12(11-18)16(21)19-6-8-20(9-7-19)17(22)14-5-4-13(23-2)10-15(14)24-3/h4-5,10,12H,6-9,11,18H2,1-3H3. The molecule has 1 heterocycles. The quantitative estimate of drug-likeness (QED) is 0.851. The molecule has 7 heteroatoms. The summed E-state index contributed by atoms with van der Waals surface area (Å²) in [5.41, 5.74) is 6.04. The lowest BCUT2D eigenvalue weighted by Crippen LogP contribution is -2.52. The van der Waals surface area contributed by atoms with Crippen LogP contribution in [-0.2, 0) is 4.79 Å². The normalized spacial score (nSPS) is 15.8. The molecule has 0 aromatic heterocycles. The van der Waals surface area contributed by atoms with Crippen LogP contribution >= 0.6 is 0 Å². The minimum atomic E-state index is -0.186. The summed E-state index contributed by atoms with van der Waals surface area (Å²) in [4.78, 5) is 28.4. The van der Waals surface area contributed by atoms with Crippen molar-refractivity contribution in [3.63, 3.8) is 0 Å². The summed E-state index contributed by atoms with van der Waals surface area (Å²) in [6.07, 6.45) is 0. The lowest BCUT2D eigenvalue weighted by atomic mass is 10.1. The number of methoxy groups -OCH3 is 2. The van der Waals surface area contributed by atoms with Gasteiger partial charge in [-0.1, -0.05) is 6.92 Å². The molecule has 1 fully saturated rings. The number of hydrogen-bond acceptors (Lipinski definition) is 5. The van der Waals surface area contributed by atoms with E-state index in [1.54, 1.807) is 35.1 Å². The van der Waals surface area contributed by atoms with Crippen molar-refractivity contribution in [3.05, 3.63) is 23.8 Å². The van der Waals surface area contributed by atoms with Crippen LogP contribution in [0, 0.1) is 5.92 Å². The van der Waals surface area contributed by atoms with E-state index in [4.69, 9.17) is 15.2 Å². The molecule has 1 aromatic carbocycles. The van der Waals surface area contributed by atoms with Crippen molar-refractivity contribution in [2.75, 3.05) is 46.9 Å². The first-order valence-corrected chi connectivity index (χ1v) is 8.02. The predicted octanol–water partition coefficient (Wildman–Crippen LogP) is 0.583. The lowest BCUT2D eigenvalue weighted by molar-refractivity contribution is -0.136. The molecule has 2 rings (SSSR count). The second-order valence-corrected chi connectivity index (χ2v) is 5.82.